The Morgan fingerprint density at radius 1 is 1.25 bits per heavy atom. The van der Waals surface area contributed by atoms with Crippen LogP contribution in [0.5, 0.6) is 5.75 Å². The Morgan fingerprint density at radius 2 is 2.10 bits per heavy atom. The van der Waals surface area contributed by atoms with Crippen molar-refractivity contribution in [3.05, 3.63) is 29.6 Å². The highest BCUT2D eigenvalue weighted by Crippen LogP contribution is 2.24. The summed E-state index contributed by atoms with van der Waals surface area (Å²) in [6.07, 6.45) is 0.574. The van der Waals surface area contributed by atoms with E-state index in [1.807, 2.05) is 19.1 Å². The summed E-state index contributed by atoms with van der Waals surface area (Å²) in [5, 5.41) is 13.6. The van der Waals surface area contributed by atoms with E-state index in [4.69, 9.17) is 14.0 Å². The molecule has 108 valence electrons. The van der Waals surface area contributed by atoms with Crippen LogP contribution in [0.15, 0.2) is 22.7 Å². The number of aromatic hydroxyl groups is 1. The summed E-state index contributed by atoms with van der Waals surface area (Å²) in [6, 6.07) is 5.26. The predicted octanol–water partition coefficient (Wildman–Crippen LogP) is 1.96. The smallest absolute Gasteiger partial charge is 0.258 e. The lowest BCUT2D eigenvalue weighted by molar-refractivity contribution is 0.0714. The van der Waals surface area contributed by atoms with Gasteiger partial charge in [0.15, 0.2) is 5.82 Å². The van der Waals surface area contributed by atoms with Gasteiger partial charge in [0.1, 0.15) is 5.75 Å². The van der Waals surface area contributed by atoms with Crippen LogP contribution in [0.4, 0.5) is 0 Å². The third kappa shape index (κ3) is 3.79. The fourth-order valence-corrected chi connectivity index (χ4v) is 1.62. The maximum absolute atomic E-state index is 9.67. The summed E-state index contributed by atoms with van der Waals surface area (Å²) in [7, 11) is 1.63. The zero-order valence-corrected chi connectivity index (χ0v) is 11.6. The minimum atomic E-state index is 0.213. The maximum Gasteiger partial charge on any atom is 0.258 e. The Morgan fingerprint density at radius 3 is 2.85 bits per heavy atom. The number of hydrogen-bond donors (Lipinski definition) is 1. The fourth-order valence-electron chi connectivity index (χ4n) is 1.62. The van der Waals surface area contributed by atoms with Gasteiger partial charge in [-0.1, -0.05) is 11.2 Å². The van der Waals surface area contributed by atoms with Crippen LogP contribution in [0.2, 0.25) is 0 Å². The highest BCUT2D eigenvalue weighted by atomic mass is 16.5. The fraction of sp³-hybridized carbons (Fsp3) is 0.429. The van der Waals surface area contributed by atoms with Crippen LogP contribution in [0, 0.1) is 6.92 Å². The van der Waals surface area contributed by atoms with E-state index in [0.717, 1.165) is 5.56 Å². The van der Waals surface area contributed by atoms with Gasteiger partial charge >= 0.3 is 0 Å². The standard InChI is InChI=1S/C14H18N2O4/c1-10-3-4-11(9-12(10)17)14-15-13(16-20-14)5-6-19-8-7-18-2/h3-4,9,17H,5-8H2,1-2H3. The van der Waals surface area contributed by atoms with E-state index in [9.17, 15) is 5.11 Å². The molecule has 1 aromatic carbocycles. The van der Waals surface area contributed by atoms with Crippen molar-refractivity contribution in [3.8, 4) is 17.2 Å². The molecule has 0 aliphatic rings. The van der Waals surface area contributed by atoms with Gasteiger partial charge in [0, 0.05) is 19.1 Å². The van der Waals surface area contributed by atoms with Crippen molar-refractivity contribution < 1.29 is 19.1 Å². The first-order valence-electron chi connectivity index (χ1n) is 6.40. The Bertz CT molecular complexity index is 554. The molecular weight excluding hydrogens is 260 g/mol. The number of nitrogens with zero attached hydrogens (tertiary/aromatic N) is 2. The normalized spacial score (nSPS) is 10.9. The van der Waals surface area contributed by atoms with Gasteiger partial charge in [-0.15, -0.1) is 0 Å². The molecule has 0 bridgehead atoms. The lowest BCUT2D eigenvalue weighted by atomic mass is 10.1. The molecule has 0 aliphatic heterocycles. The molecular formula is C14H18N2O4. The quantitative estimate of drug-likeness (QED) is 0.780. The van der Waals surface area contributed by atoms with E-state index in [1.165, 1.54) is 0 Å². The average molecular weight is 278 g/mol. The maximum atomic E-state index is 9.67. The molecule has 0 spiro atoms. The molecule has 1 N–H and O–H groups in total. The zero-order valence-electron chi connectivity index (χ0n) is 11.6. The SMILES string of the molecule is COCCOCCc1noc(-c2ccc(C)c(O)c2)n1. The third-order valence-corrected chi connectivity index (χ3v) is 2.83. The van der Waals surface area contributed by atoms with E-state index >= 15 is 0 Å². The predicted molar refractivity (Wildman–Crippen MR) is 72.5 cm³/mol. The van der Waals surface area contributed by atoms with Crippen molar-refractivity contribution in [2.75, 3.05) is 26.9 Å². The lowest BCUT2D eigenvalue weighted by Crippen LogP contribution is -2.05. The van der Waals surface area contributed by atoms with Crippen LogP contribution in [0.1, 0.15) is 11.4 Å². The molecule has 0 aliphatic carbocycles. The monoisotopic (exact) mass is 278 g/mol. The summed E-state index contributed by atoms with van der Waals surface area (Å²) < 4.78 is 15.4. The highest BCUT2D eigenvalue weighted by Gasteiger charge is 2.10. The van der Waals surface area contributed by atoms with Crippen LogP contribution < -0.4 is 0 Å². The van der Waals surface area contributed by atoms with Crippen LogP contribution in [0.25, 0.3) is 11.5 Å². The summed E-state index contributed by atoms with van der Waals surface area (Å²) >= 11 is 0. The first-order valence-corrected chi connectivity index (χ1v) is 6.40. The van der Waals surface area contributed by atoms with Gasteiger partial charge in [-0.2, -0.15) is 4.98 Å². The second-order valence-electron chi connectivity index (χ2n) is 4.37. The molecule has 0 radical (unpaired) electrons. The van der Waals surface area contributed by atoms with Gasteiger partial charge in [-0.3, -0.25) is 0 Å². The first kappa shape index (κ1) is 14.5. The summed E-state index contributed by atoms with van der Waals surface area (Å²) in [5.41, 5.74) is 1.51. The molecule has 0 fully saturated rings. The Kier molecular flexibility index (Phi) is 5.09. The summed E-state index contributed by atoms with van der Waals surface area (Å²) in [6.45, 7) is 3.46. The molecule has 20 heavy (non-hydrogen) atoms. The molecule has 1 heterocycles. The van der Waals surface area contributed by atoms with Gasteiger partial charge in [-0.25, -0.2) is 0 Å². The minimum absolute atomic E-state index is 0.213. The van der Waals surface area contributed by atoms with Gasteiger partial charge in [0.2, 0.25) is 0 Å². The number of phenolic OH excluding ortho intramolecular Hbond substituents is 1. The van der Waals surface area contributed by atoms with Crippen LogP contribution in [-0.4, -0.2) is 42.2 Å². The van der Waals surface area contributed by atoms with E-state index in [0.29, 0.717) is 43.5 Å². The third-order valence-electron chi connectivity index (χ3n) is 2.83. The van der Waals surface area contributed by atoms with Gasteiger partial charge in [0.05, 0.1) is 19.8 Å². The number of phenols is 1. The van der Waals surface area contributed by atoms with Crippen LogP contribution >= 0.6 is 0 Å². The van der Waals surface area contributed by atoms with E-state index in [1.54, 1.807) is 13.2 Å². The zero-order chi connectivity index (χ0) is 14.4. The van der Waals surface area contributed by atoms with E-state index in [-0.39, 0.29) is 5.75 Å². The molecule has 0 unspecified atom stereocenters. The molecule has 0 saturated carbocycles. The molecule has 1 aromatic heterocycles. The Hall–Kier alpha value is -1.92. The number of benzene rings is 1. The summed E-state index contributed by atoms with van der Waals surface area (Å²) in [5.74, 6) is 1.19. The second kappa shape index (κ2) is 7.02. The van der Waals surface area contributed by atoms with Crippen molar-refractivity contribution in [3.63, 3.8) is 0 Å². The Labute approximate surface area is 117 Å². The molecule has 0 amide bonds. The molecule has 2 rings (SSSR count). The molecule has 0 atom stereocenters. The summed E-state index contributed by atoms with van der Waals surface area (Å²) in [4.78, 5) is 4.27. The van der Waals surface area contributed by atoms with Crippen molar-refractivity contribution in [1.82, 2.24) is 10.1 Å². The van der Waals surface area contributed by atoms with Crippen molar-refractivity contribution in [2.45, 2.75) is 13.3 Å². The number of aromatic nitrogens is 2. The lowest BCUT2D eigenvalue weighted by Gasteiger charge is -2.00. The van der Waals surface area contributed by atoms with Gasteiger partial charge in [-0.05, 0) is 24.6 Å². The van der Waals surface area contributed by atoms with E-state index in [2.05, 4.69) is 10.1 Å². The number of ether oxygens (including phenoxy) is 2. The molecule has 6 heteroatoms. The number of rotatable bonds is 7. The van der Waals surface area contributed by atoms with Crippen LogP contribution in [0.3, 0.4) is 0 Å². The minimum Gasteiger partial charge on any atom is -0.508 e. The Balaban J connectivity index is 1.93. The van der Waals surface area contributed by atoms with Crippen LogP contribution in [-0.2, 0) is 15.9 Å². The van der Waals surface area contributed by atoms with Gasteiger partial charge < -0.3 is 19.1 Å². The number of aryl methyl sites for hydroxylation is 1. The average Bonchev–Trinajstić information content (AvgIpc) is 2.90. The second-order valence-corrected chi connectivity index (χ2v) is 4.37. The number of methoxy groups -OCH3 is 1. The number of hydrogen-bond acceptors (Lipinski definition) is 6. The van der Waals surface area contributed by atoms with Crippen molar-refractivity contribution in [1.29, 1.82) is 0 Å². The van der Waals surface area contributed by atoms with Crippen molar-refractivity contribution >= 4 is 0 Å². The highest BCUT2D eigenvalue weighted by molar-refractivity contribution is 5.57. The molecule has 0 saturated heterocycles. The molecule has 6 nitrogen and oxygen atoms in total. The first-order chi connectivity index (χ1) is 9.70. The topological polar surface area (TPSA) is 77.6 Å². The van der Waals surface area contributed by atoms with Crippen molar-refractivity contribution in [2.24, 2.45) is 0 Å². The molecule has 2 aromatic rings. The largest absolute Gasteiger partial charge is 0.508 e. The van der Waals surface area contributed by atoms with E-state index < -0.39 is 0 Å². The van der Waals surface area contributed by atoms with Gasteiger partial charge in [0.25, 0.3) is 5.89 Å².